The highest BCUT2D eigenvalue weighted by molar-refractivity contribution is 5.77. The average Bonchev–Trinajstić information content (AvgIpc) is 3.10. The zero-order valence-corrected chi connectivity index (χ0v) is 15.5. The molecule has 1 aromatic carbocycles. The number of anilines is 1. The third-order valence-electron chi connectivity index (χ3n) is 6.18. The summed E-state index contributed by atoms with van der Waals surface area (Å²) < 4.78 is 11.4. The maximum absolute atomic E-state index is 12.7. The standard InChI is InChI=1S/C21H30N2O3/c24-20(22-21-10-4-3-7-19(21)26-14-11-21)9-8-17-5-1-2-6-18(17)23-12-15-25-16-13-23/h1-2,5-6,19H,3-4,7-16H2,(H,22,24). The van der Waals surface area contributed by atoms with E-state index >= 15 is 0 Å². The quantitative estimate of drug-likeness (QED) is 0.879. The Morgan fingerprint density at radius 2 is 2.00 bits per heavy atom. The van der Waals surface area contributed by atoms with E-state index in [-0.39, 0.29) is 17.6 Å². The zero-order chi connectivity index (χ0) is 17.8. The lowest BCUT2D eigenvalue weighted by Gasteiger charge is -2.38. The summed E-state index contributed by atoms with van der Waals surface area (Å²) in [5, 5.41) is 3.37. The van der Waals surface area contributed by atoms with Crippen LogP contribution in [-0.2, 0) is 20.7 Å². The number of hydrogen-bond donors (Lipinski definition) is 1. The number of nitrogens with zero attached hydrogens (tertiary/aromatic N) is 1. The number of morpholine rings is 1. The lowest BCUT2D eigenvalue weighted by molar-refractivity contribution is -0.124. The van der Waals surface area contributed by atoms with Crippen molar-refractivity contribution in [3.63, 3.8) is 0 Å². The van der Waals surface area contributed by atoms with Crippen LogP contribution < -0.4 is 10.2 Å². The van der Waals surface area contributed by atoms with Gasteiger partial charge in [0.2, 0.25) is 5.91 Å². The van der Waals surface area contributed by atoms with E-state index in [1.54, 1.807) is 0 Å². The molecule has 5 heteroatoms. The second-order valence-corrected chi connectivity index (χ2v) is 7.79. The molecule has 26 heavy (non-hydrogen) atoms. The third-order valence-corrected chi connectivity index (χ3v) is 6.18. The number of hydrogen-bond acceptors (Lipinski definition) is 4. The van der Waals surface area contributed by atoms with Gasteiger partial charge in [-0.2, -0.15) is 0 Å². The van der Waals surface area contributed by atoms with E-state index < -0.39 is 0 Å². The van der Waals surface area contributed by atoms with Gasteiger partial charge in [-0.15, -0.1) is 0 Å². The van der Waals surface area contributed by atoms with Crippen LogP contribution in [0.2, 0.25) is 0 Å². The number of fused-ring (bicyclic) bond motifs is 1. The Bertz CT molecular complexity index is 629. The van der Waals surface area contributed by atoms with E-state index in [0.29, 0.717) is 6.42 Å². The first-order chi connectivity index (χ1) is 12.8. The van der Waals surface area contributed by atoms with Gasteiger partial charge in [0, 0.05) is 31.8 Å². The second kappa shape index (κ2) is 7.97. The van der Waals surface area contributed by atoms with E-state index in [1.807, 2.05) is 0 Å². The van der Waals surface area contributed by atoms with E-state index in [9.17, 15) is 4.79 Å². The second-order valence-electron chi connectivity index (χ2n) is 7.79. The molecule has 0 aromatic heterocycles. The maximum Gasteiger partial charge on any atom is 0.220 e. The normalized spacial score (nSPS) is 28.6. The van der Waals surface area contributed by atoms with Crippen LogP contribution >= 0.6 is 0 Å². The molecule has 2 atom stereocenters. The molecule has 1 N–H and O–H groups in total. The molecule has 1 saturated carbocycles. The van der Waals surface area contributed by atoms with Gasteiger partial charge in [0.15, 0.2) is 0 Å². The highest BCUT2D eigenvalue weighted by Crippen LogP contribution is 2.38. The summed E-state index contributed by atoms with van der Waals surface area (Å²) in [6.45, 7) is 4.18. The number of amides is 1. The van der Waals surface area contributed by atoms with E-state index in [1.165, 1.54) is 24.1 Å². The van der Waals surface area contributed by atoms with Crippen LogP contribution in [-0.4, -0.2) is 50.5 Å². The van der Waals surface area contributed by atoms with Crippen LogP contribution in [0.4, 0.5) is 5.69 Å². The molecule has 0 spiro atoms. The highest BCUT2D eigenvalue weighted by Gasteiger charge is 2.46. The summed E-state index contributed by atoms with van der Waals surface area (Å²) in [6, 6.07) is 8.46. The van der Waals surface area contributed by atoms with Gasteiger partial charge in [-0.3, -0.25) is 4.79 Å². The molecule has 2 unspecified atom stereocenters. The van der Waals surface area contributed by atoms with Crippen molar-refractivity contribution >= 4 is 11.6 Å². The lowest BCUT2D eigenvalue weighted by Crippen LogP contribution is -2.55. The van der Waals surface area contributed by atoms with Crippen molar-refractivity contribution < 1.29 is 14.3 Å². The fourth-order valence-electron chi connectivity index (χ4n) is 4.75. The summed E-state index contributed by atoms with van der Waals surface area (Å²) >= 11 is 0. The summed E-state index contributed by atoms with van der Waals surface area (Å²) in [5.41, 5.74) is 2.41. The first-order valence-electron chi connectivity index (χ1n) is 10.1. The van der Waals surface area contributed by atoms with Crippen LogP contribution in [0.15, 0.2) is 24.3 Å². The van der Waals surface area contributed by atoms with Crippen molar-refractivity contribution in [2.24, 2.45) is 0 Å². The number of benzene rings is 1. The van der Waals surface area contributed by atoms with Crippen LogP contribution in [0.1, 0.15) is 44.1 Å². The number of ether oxygens (including phenoxy) is 2. The van der Waals surface area contributed by atoms with Crippen molar-refractivity contribution in [1.82, 2.24) is 5.32 Å². The summed E-state index contributed by atoms with van der Waals surface area (Å²) in [5.74, 6) is 0.166. The third kappa shape index (κ3) is 3.74. The largest absolute Gasteiger partial charge is 0.378 e. The molecule has 5 nitrogen and oxygen atoms in total. The van der Waals surface area contributed by atoms with Crippen molar-refractivity contribution in [3.05, 3.63) is 29.8 Å². The molecule has 142 valence electrons. The maximum atomic E-state index is 12.7. The van der Waals surface area contributed by atoms with Crippen LogP contribution in [0.5, 0.6) is 0 Å². The van der Waals surface area contributed by atoms with E-state index in [4.69, 9.17) is 9.47 Å². The molecule has 0 bridgehead atoms. The number of carbonyl (C=O) groups is 1. The Labute approximate surface area is 156 Å². The number of carbonyl (C=O) groups excluding carboxylic acids is 1. The fraction of sp³-hybridized carbons (Fsp3) is 0.667. The molecule has 1 aromatic rings. The number of nitrogens with one attached hydrogen (secondary N) is 1. The minimum atomic E-state index is -0.0982. The molecule has 4 rings (SSSR count). The molecule has 3 fully saturated rings. The first-order valence-corrected chi connectivity index (χ1v) is 10.1. The molecule has 0 radical (unpaired) electrons. The minimum absolute atomic E-state index is 0.0982. The van der Waals surface area contributed by atoms with Gasteiger partial charge >= 0.3 is 0 Å². The zero-order valence-electron chi connectivity index (χ0n) is 15.5. The number of rotatable bonds is 5. The van der Waals surface area contributed by atoms with Gasteiger partial charge in [-0.05, 0) is 37.3 Å². The van der Waals surface area contributed by atoms with Gasteiger partial charge in [-0.1, -0.05) is 31.0 Å². The number of para-hydroxylation sites is 1. The van der Waals surface area contributed by atoms with Gasteiger partial charge < -0.3 is 19.7 Å². The van der Waals surface area contributed by atoms with Crippen LogP contribution in [0.25, 0.3) is 0 Å². The van der Waals surface area contributed by atoms with Gasteiger partial charge in [-0.25, -0.2) is 0 Å². The molecule has 1 aliphatic carbocycles. The molecule has 1 amide bonds. The first kappa shape index (κ1) is 17.8. The predicted molar refractivity (Wildman–Crippen MR) is 101 cm³/mol. The van der Waals surface area contributed by atoms with Crippen LogP contribution in [0.3, 0.4) is 0 Å². The van der Waals surface area contributed by atoms with Crippen molar-refractivity contribution in [1.29, 1.82) is 0 Å². The number of aryl methyl sites for hydroxylation is 1. The SMILES string of the molecule is O=C(CCc1ccccc1N1CCOCC1)NC12CCCCC1OCC2. The fourth-order valence-corrected chi connectivity index (χ4v) is 4.75. The Morgan fingerprint density at radius 3 is 2.88 bits per heavy atom. The summed E-state index contributed by atoms with van der Waals surface area (Å²) in [7, 11) is 0. The Hall–Kier alpha value is -1.59. The van der Waals surface area contributed by atoms with Gasteiger partial charge in [0.05, 0.1) is 24.9 Å². The molecule has 2 aliphatic heterocycles. The minimum Gasteiger partial charge on any atom is -0.378 e. The van der Waals surface area contributed by atoms with E-state index in [2.05, 4.69) is 34.5 Å². The monoisotopic (exact) mass is 358 g/mol. The summed E-state index contributed by atoms with van der Waals surface area (Å²) in [6.07, 6.45) is 7.06. The predicted octanol–water partition coefficient (Wildman–Crippen LogP) is 2.67. The van der Waals surface area contributed by atoms with Crippen LogP contribution in [0, 0.1) is 0 Å². The molecule has 2 saturated heterocycles. The Balaban J connectivity index is 1.37. The van der Waals surface area contributed by atoms with E-state index in [0.717, 1.165) is 58.6 Å². The molecule has 2 heterocycles. The van der Waals surface area contributed by atoms with Crippen molar-refractivity contribution in [2.75, 3.05) is 37.8 Å². The van der Waals surface area contributed by atoms with Crippen molar-refractivity contribution in [2.45, 2.75) is 56.6 Å². The summed E-state index contributed by atoms with van der Waals surface area (Å²) in [4.78, 5) is 15.1. The van der Waals surface area contributed by atoms with Crippen molar-refractivity contribution in [3.8, 4) is 0 Å². The highest BCUT2D eigenvalue weighted by atomic mass is 16.5. The molecule has 3 aliphatic rings. The van der Waals surface area contributed by atoms with Gasteiger partial charge in [0.1, 0.15) is 0 Å². The smallest absolute Gasteiger partial charge is 0.220 e. The average molecular weight is 358 g/mol. The molecular weight excluding hydrogens is 328 g/mol. The Morgan fingerprint density at radius 1 is 1.15 bits per heavy atom. The Kier molecular flexibility index (Phi) is 5.46. The topological polar surface area (TPSA) is 50.8 Å². The van der Waals surface area contributed by atoms with Gasteiger partial charge in [0.25, 0.3) is 0 Å². The molecular formula is C21H30N2O3. The lowest BCUT2D eigenvalue weighted by atomic mass is 9.78.